The van der Waals surface area contributed by atoms with Gasteiger partial charge < -0.3 is 10.8 Å². The van der Waals surface area contributed by atoms with Crippen LogP contribution in [0.2, 0.25) is 0 Å². The van der Waals surface area contributed by atoms with E-state index in [1.807, 2.05) is 0 Å². The number of sulfonamides is 1. The van der Waals surface area contributed by atoms with Gasteiger partial charge in [-0.2, -0.15) is 4.72 Å². The summed E-state index contributed by atoms with van der Waals surface area (Å²) in [5, 5.41) is 9.03. The molecule has 0 aromatic heterocycles. The standard InChI is InChI=1S/C14H20N2O5S/c1-4-11(13(15)17)16-22(20,21)12-7-9(14(18)19)5-6-10(12)8(2)3/h5-8,11,16H,4H2,1-3H3,(H2,15,17)(H,18,19)/t11-/m1/s1. The average Bonchev–Trinajstić information content (AvgIpc) is 2.43. The van der Waals surface area contributed by atoms with Gasteiger partial charge in [0.1, 0.15) is 6.04 Å². The van der Waals surface area contributed by atoms with Crippen molar-refractivity contribution in [3.63, 3.8) is 0 Å². The van der Waals surface area contributed by atoms with Gasteiger partial charge in [-0.1, -0.05) is 26.8 Å². The lowest BCUT2D eigenvalue weighted by Gasteiger charge is -2.18. The zero-order valence-corrected chi connectivity index (χ0v) is 13.5. The number of nitrogens with one attached hydrogen (secondary N) is 1. The number of nitrogens with two attached hydrogens (primary N) is 1. The Morgan fingerprint density at radius 1 is 1.32 bits per heavy atom. The Bertz CT molecular complexity index is 682. The van der Waals surface area contributed by atoms with Crippen LogP contribution in [0, 0.1) is 0 Å². The molecule has 0 unspecified atom stereocenters. The van der Waals surface area contributed by atoms with E-state index in [0.717, 1.165) is 6.07 Å². The van der Waals surface area contributed by atoms with Crippen molar-refractivity contribution in [3.05, 3.63) is 29.3 Å². The monoisotopic (exact) mass is 328 g/mol. The highest BCUT2D eigenvalue weighted by atomic mass is 32.2. The Morgan fingerprint density at radius 2 is 1.91 bits per heavy atom. The minimum absolute atomic E-state index is 0.136. The Morgan fingerprint density at radius 3 is 2.32 bits per heavy atom. The second-order valence-electron chi connectivity index (χ2n) is 5.20. The van der Waals surface area contributed by atoms with E-state index in [2.05, 4.69) is 4.72 Å². The molecule has 1 rings (SSSR count). The van der Waals surface area contributed by atoms with E-state index in [1.54, 1.807) is 20.8 Å². The molecule has 8 heteroatoms. The number of carboxylic acid groups (broad SMARTS) is 1. The first-order valence-corrected chi connectivity index (χ1v) is 8.27. The molecule has 0 saturated heterocycles. The van der Waals surface area contributed by atoms with Crippen LogP contribution in [0.25, 0.3) is 0 Å². The molecule has 1 aromatic rings. The maximum absolute atomic E-state index is 12.5. The fourth-order valence-corrected chi connectivity index (χ4v) is 3.65. The zero-order valence-electron chi connectivity index (χ0n) is 12.7. The summed E-state index contributed by atoms with van der Waals surface area (Å²) in [6.07, 6.45) is 0.199. The Balaban J connectivity index is 3.40. The first kappa shape index (κ1) is 18.1. The molecule has 0 radical (unpaired) electrons. The van der Waals surface area contributed by atoms with Crippen LogP contribution in [0.3, 0.4) is 0 Å². The molecular formula is C14H20N2O5S. The van der Waals surface area contributed by atoms with Crippen molar-refractivity contribution in [3.8, 4) is 0 Å². The van der Waals surface area contributed by atoms with Gasteiger partial charge in [0.2, 0.25) is 15.9 Å². The molecule has 1 atom stereocenters. The molecule has 7 nitrogen and oxygen atoms in total. The molecule has 22 heavy (non-hydrogen) atoms. The lowest BCUT2D eigenvalue weighted by atomic mass is 10.0. The van der Waals surface area contributed by atoms with E-state index in [1.165, 1.54) is 12.1 Å². The van der Waals surface area contributed by atoms with Gasteiger partial charge in [0, 0.05) is 0 Å². The number of rotatable bonds is 7. The van der Waals surface area contributed by atoms with E-state index in [-0.39, 0.29) is 22.8 Å². The summed E-state index contributed by atoms with van der Waals surface area (Å²) in [6, 6.07) is 2.86. The summed E-state index contributed by atoms with van der Waals surface area (Å²) in [5.74, 6) is -2.15. The number of hydrogen-bond donors (Lipinski definition) is 3. The van der Waals surface area contributed by atoms with Crippen molar-refractivity contribution in [1.82, 2.24) is 4.72 Å². The summed E-state index contributed by atoms with van der Waals surface area (Å²) >= 11 is 0. The van der Waals surface area contributed by atoms with Gasteiger partial charge in [-0.15, -0.1) is 0 Å². The number of carboxylic acids is 1. The Hall–Kier alpha value is -1.93. The molecule has 0 fully saturated rings. The predicted octanol–water partition coefficient (Wildman–Crippen LogP) is 1.05. The van der Waals surface area contributed by atoms with Crippen LogP contribution in [0.4, 0.5) is 0 Å². The highest BCUT2D eigenvalue weighted by Gasteiger charge is 2.26. The lowest BCUT2D eigenvalue weighted by Crippen LogP contribution is -2.44. The van der Waals surface area contributed by atoms with Crippen LogP contribution in [-0.4, -0.2) is 31.4 Å². The lowest BCUT2D eigenvalue weighted by molar-refractivity contribution is -0.119. The summed E-state index contributed by atoms with van der Waals surface area (Å²) < 4.78 is 27.2. The average molecular weight is 328 g/mol. The summed E-state index contributed by atoms with van der Waals surface area (Å²) in [5.41, 5.74) is 5.48. The number of carbonyl (C=O) groups is 2. The highest BCUT2D eigenvalue weighted by molar-refractivity contribution is 7.89. The van der Waals surface area contributed by atoms with E-state index in [4.69, 9.17) is 10.8 Å². The quantitative estimate of drug-likeness (QED) is 0.689. The molecule has 0 spiro atoms. The molecule has 1 aromatic carbocycles. The molecule has 0 saturated carbocycles. The second kappa shape index (κ2) is 6.89. The van der Waals surface area contributed by atoms with Crippen molar-refractivity contribution in [2.45, 2.75) is 44.0 Å². The number of benzene rings is 1. The molecule has 122 valence electrons. The molecule has 4 N–H and O–H groups in total. The van der Waals surface area contributed by atoms with Crippen molar-refractivity contribution >= 4 is 21.9 Å². The topological polar surface area (TPSA) is 127 Å². The Labute approximate surface area is 129 Å². The molecule has 1 amide bonds. The number of aromatic carboxylic acids is 1. The fourth-order valence-electron chi connectivity index (χ4n) is 1.97. The van der Waals surface area contributed by atoms with E-state index in [0.29, 0.717) is 5.56 Å². The maximum atomic E-state index is 12.5. The van der Waals surface area contributed by atoms with Crippen molar-refractivity contribution in [2.24, 2.45) is 5.73 Å². The van der Waals surface area contributed by atoms with Gasteiger partial charge in [0.05, 0.1) is 10.5 Å². The number of amides is 1. The molecule has 0 aliphatic heterocycles. The van der Waals surface area contributed by atoms with Crippen molar-refractivity contribution in [1.29, 1.82) is 0 Å². The van der Waals surface area contributed by atoms with Crippen LogP contribution < -0.4 is 10.5 Å². The first-order valence-electron chi connectivity index (χ1n) is 6.79. The zero-order chi connectivity index (χ0) is 17.1. The maximum Gasteiger partial charge on any atom is 0.335 e. The third kappa shape index (κ3) is 4.05. The van der Waals surface area contributed by atoms with Gasteiger partial charge in [-0.3, -0.25) is 4.79 Å². The van der Waals surface area contributed by atoms with Gasteiger partial charge in [-0.05, 0) is 30.0 Å². The molecule has 0 heterocycles. The van der Waals surface area contributed by atoms with Crippen LogP contribution in [0.5, 0.6) is 0 Å². The third-order valence-electron chi connectivity index (χ3n) is 3.22. The molecule has 0 aliphatic rings. The van der Waals surface area contributed by atoms with Crippen LogP contribution >= 0.6 is 0 Å². The smallest absolute Gasteiger partial charge is 0.335 e. The van der Waals surface area contributed by atoms with E-state index < -0.39 is 27.9 Å². The van der Waals surface area contributed by atoms with Gasteiger partial charge in [-0.25, -0.2) is 13.2 Å². The van der Waals surface area contributed by atoms with Gasteiger partial charge in [0.15, 0.2) is 0 Å². The second-order valence-corrected chi connectivity index (χ2v) is 6.88. The van der Waals surface area contributed by atoms with Gasteiger partial charge >= 0.3 is 5.97 Å². The van der Waals surface area contributed by atoms with Crippen LogP contribution in [-0.2, 0) is 14.8 Å². The molecule has 0 bridgehead atoms. The summed E-state index contributed by atoms with van der Waals surface area (Å²) in [6.45, 7) is 5.20. The fraction of sp³-hybridized carbons (Fsp3) is 0.429. The SMILES string of the molecule is CC[C@@H](NS(=O)(=O)c1cc(C(=O)O)ccc1C(C)C)C(N)=O. The third-order valence-corrected chi connectivity index (χ3v) is 4.75. The minimum Gasteiger partial charge on any atom is -0.478 e. The number of primary amides is 1. The predicted molar refractivity (Wildman–Crippen MR) is 81.1 cm³/mol. The minimum atomic E-state index is -4.06. The number of carbonyl (C=O) groups excluding carboxylic acids is 1. The van der Waals surface area contributed by atoms with E-state index in [9.17, 15) is 18.0 Å². The van der Waals surface area contributed by atoms with Crippen molar-refractivity contribution in [2.75, 3.05) is 0 Å². The normalized spacial score (nSPS) is 13.1. The number of hydrogen-bond acceptors (Lipinski definition) is 4. The highest BCUT2D eigenvalue weighted by Crippen LogP contribution is 2.25. The largest absolute Gasteiger partial charge is 0.478 e. The molecule has 0 aliphatic carbocycles. The Kier molecular flexibility index (Phi) is 5.67. The summed E-state index contributed by atoms with van der Waals surface area (Å²) in [7, 11) is -4.06. The van der Waals surface area contributed by atoms with Gasteiger partial charge in [0.25, 0.3) is 0 Å². The van der Waals surface area contributed by atoms with Crippen molar-refractivity contribution < 1.29 is 23.1 Å². The molecular weight excluding hydrogens is 308 g/mol. The van der Waals surface area contributed by atoms with Crippen LogP contribution in [0.1, 0.15) is 49.0 Å². The first-order chi connectivity index (χ1) is 10.1. The van der Waals surface area contributed by atoms with E-state index >= 15 is 0 Å². The van der Waals surface area contributed by atoms with Crippen LogP contribution in [0.15, 0.2) is 23.1 Å². The summed E-state index contributed by atoms with van der Waals surface area (Å²) in [4.78, 5) is 22.1.